The van der Waals surface area contributed by atoms with Crippen molar-refractivity contribution < 1.29 is 31.5 Å². The first-order valence-electron chi connectivity index (χ1n) is 9.48. The summed E-state index contributed by atoms with van der Waals surface area (Å²) < 4.78 is 74.1. The van der Waals surface area contributed by atoms with Crippen molar-refractivity contribution in [1.29, 1.82) is 0 Å². The van der Waals surface area contributed by atoms with Crippen molar-refractivity contribution in [2.45, 2.75) is 24.7 Å². The monoisotopic (exact) mass is 452 g/mol. The van der Waals surface area contributed by atoms with Crippen LogP contribution >= 0.6 is 0 Å². The summed E-state index contributed by atoms with van der Waals surface area (Å²) in [6, 6.07) is 6.30. The van der Waals surface area contributed by atoms with Gasteiger partial charge in [0.2, 0.25) is 0 Å². The Morgan fingerprint density at radius 3 is 2.53 bits per heavy atom. The molecular formula is C21H17F5N4O2. The summed E-state index contributed by atoms with van der Waals surface area (Å²) in [5.41, 5.74) is 0.0378. The van der Waals surface area contributed by atoms with E-state index in [1.807, 2.05) is 0 Å². The second kappa shape index (κ2) is 8.13. The molecule has 3 aromatic rings. The van der Waals surface area contributed by atoms with Gasteiger partial charge < -0.3 is 15.4 Å². The third-order valence-corrected chi connectivity index (χ3v) is 5.18. The molecule has 0 radical (unpaired) electrons. The minimum Gasteiger partial charge on any atom is -0.497 e. The predicted octanol–water partition coefficient (Wildman–Crippen LogP) is 5.08. The van der Waals surface area contributed by atoms with Crippen LogP contribution in [-0.4, -0.2) is 29.0 Å². The van der Waals surface area contributed by atoms with E-state index in [4.69, 9.17) is 4.74 Å². The lowest BCUT2D eigenvalue weighted by Gasteiger charge is -2.34. The molecule has 32 heavy (non-hydrogen) atoms. The summed E-state index contributed by atoms with van der Waals surface area (Å²) >= 11 is 0. The molecule has 2 N–H and O–H groups in total. The highest BCUT2D eigenvalue weighted by atomic mass is 19.4. The van der Waals surface area contributed by atoms with Crippen LogP contribution in [0.4, 0.5) is 33.5 Å². The molecule has 0 unspecified atom stereocenters. The van der Waals surface area contributed by atoms with Crippen molar-refractivity contribution in [2.75, 3.05) is 17.7 Å². The Labute approximate surface area is 179 Å². The molecule has 11 heteroatoms. The Kier molecular flexibility index (Phi) is 5.49. The quantitative estimate of drug-likeness (QED) is 0.542. The fraction of sp³-hybridized carbons (Fsp3) is 0.238. The zero-order valence-electron chi connectivity index (χ0n) is 16.6. The van der Waals surface area contributed by atoms with E-state index in [0.29, 0.717) is 22.1 Å². The molecular weight excluding hydrogens is 435 g/mol. The van der Waals surface area contributed by atoms with Crippen LogP contribution in [0, 0.1) is 11.6 Å². The summed E-state index contributed by atoms with van der Waals surface area (Å²) in [6.07, 6.45) is -3.99. The molecule has 1 aliphatic rings. The van der Waals surface area contributed by atoms with Crippen LogP contribution in [0.2, 0.25) is 0 Å². The Hall–Kier alpha value is -3.63. The summed E-state index contributed by atoms with van der Waals surface area (Å²) in [5.74, 6) is -2.35. The zero-order chi connectivity index (χ0) is 23.0. The van der Waals surface area contributed by atoms with Gasteiger partial charge >= 0.3 is 6.18 Å². The van der Waals surface area contributed by atoms with E-state index in [0.717, 1.165) is 18.3 Å². The molecule has 168 valence electrons. The van der Waals surface area contributed by atoms with E-state index in [-0.39, 0.29) is 23.5 Å². The fourth-order valence-corrected chi connectivity index (χ4v) is 3.56. The molecule has 0 saturated carbocycles. The second-order valence-corrected chi connectivity index (χ2v) is 7.19. The number of rotatable bonds is 4. The van der Waals surface area contributed by atoms with Crippen molar-refractivity contribution in [3.05, 3.63) is 71.4 Å². The maximum absolute atomic E-state index is 13.9. The number of benzene rings is 2. The van der Waals surface area contributed by atoms with Gasteiger partial charge in [0, 0.05) is 12.5 Å². The lowest BCUT2D eigenvalue weighted by molar-refractivity contribution is -0.173. The normalized spacial score (nSPS) is 17.9. The number of carbonyl (C=O) groups excluding carboxylic acids is 1. The molecule has 4 rings (SSSR count). The number of halogens is 5. The first kappa shape index (κ1) is 21.6. The van der Waals surface area contributed by atoms with Crippen LogP contribution in [0.5, 0.6) is 5.75 Å². The number of hydrogen-bond donors (Lipinski definition) is 2. The Balaban J connectivity index is 1.68. The van der Waals surface area contributed by atoms with E-state index in [2.05, 4.69) is 15.7 Å². The van der Waals surface area contributed by atoms with E-state index in [9.17, 15) is 26.7 Å². The largest absolute Gasteiger partial charge is 0.497 e. The van der Waals surface area contributed by atoms with E-state index in [1.165, 1.54) is 7.11 Å². The third-order valence-electron chi connectivity index (χ3n) is 5.18. The zero-order valence-corrected chi connectivity index (χ0v) is 16.6. The average molecular weight is 452 g/mol. The third kappa shape index (κ3) is 4.10. The van der Waals surface area contributed by atoms with Gasteiger partial charge in [-0.1, -0.05) is 12.1 Å². The standard InChI is InChI=1S/C21H17F5N4O2/c1-32-13-5-2-11(3-6-13)17-9-18(21(24,25)26)30-19(28-17)14(10-27-30)20(31)29-16-7-4-12(22)8-15(16)23/h2-8,10,17-18,28H,9H2,1H3,(H,29,31)/t17-,18+/m0/s1. The molecule has 0 bridgehead atoms. The van der Waals surface area contributed by atoms with Gasteiger partial charge in [-0.15, -0.1) is 0 Å². The Bertz CT molecular complexity index is 1140. The lowest BCUT2D eigenvalue weighted by atomic mass is 9.96. The molecule has 0 fully saturated rings. The number of carbonyl (C=O) groups is 1. The molecule has 2 atom stereocenters. The summed E-state index contributed by atoms with van der Waals surface area (Å²) in [4.78, 5) is 12.7. The van der Waals surface area contributed by atoms with E-state index < -0.39 is 35.8 Å². The van der Waals surface area contributed by atoms with Crippen molar-refractivity contribution >= 4 is 17.4 Å². The number of anilines is 2. The number of aromatic nitrogens is 2. The van der Waals surface area contributed by atoms with Crippen LogP contribution in [0.1, 0.15) is 34.4 Å². The van der Waals surface area contributed by atoms with Gasteiger partial charge in [0.15, 0.2) is 6.04 Å². The topological polar surface area (TPSA) is 68.2 Å². The van der Waals surface area contributed by atoms with Gasteiger partial charge in [0.05, 0.1) is 25.0 Å². The highest BCUT2D eigenvalue weighted by Gasteiger charge is 2.47. The van der Waals surface area contributed by atoms with Crippen LogP contribution in [-0.2, 0) is 0 Å². The first-order chi connectivity index (χ1) is 15.2. The smallest absolute Gasteiger partial charge is 0.410 e. The van der Waals surface area contributed by atoms with Gasteiger partial charge in [-0.25, -0.2) is 13.5 Å². The van der Waals surface area contributed by atoms with Crippen molar-refractivity contribution in [2.24, 2.45) is 0 Å². The van der Waals surface area contributed by atoms with Crippen molar-refractivity contribution in [1.82, 2.24) is 9.78 Å². The predicted molar refractivity (Wildman–Crippen MR) is 106 cm³/mol. The number of nitrogens with zero attached hydrogens (tertiary/aromatic N) is 2. The maximum atomic E-state index is 13.9. The van der Waals surface area contributed by atoms with E-state index in [1.54, 1.807) is 24.3 Å². The van der Waals surface area contributed by atoms with Crippen LogP contribution in [0.15, 0.2) is 48.7 Å². The molecule has 1 amide bonds. The van der Waals surface area contributed by atoms with Crippen LogP contribution in [0.25, 0.3) is 0 Å². The summed E-state index contributed by atoms with van der Waals surface area (Å²) in [7, 11) is 1.47. The number of amides is 1. The number of fused-ring (bicyclic) bond motifs is 1. The average Bonchev–Trinajstić information content (AvgIpc) is 3.18. The summed E-state index contributed by atoms with van der Waals surface area (Å²) in [5, 5.41) is 8.94. The maximum Gasteiger partial charge on any atom is 0.410 e. The van der Waals surface area contributed by atoms with Crippen LogP contribution in [0.3, 0.4) is 0 Å². The SMILES string of the molecule is COc1ccc([C@@H]2C[C@H](C(F)(F)F)n3ncc(C(=O)Nc4ccc(F)cc4F)c3N2)cc1. The molecule has 0 spiro atoms. The van der Waals surface area contributed by atoms with Gasteiger partial charge in [-0.3, -0.25) is 4.79 Å². The summed E-state index contributed by atoms with van der Waals surface area (Å²) in [6.45, 7) is 0. The second-order valence-electron chi connectivity index (χ2n) is 7.19. The Morgan fingerprint density at radius 1 is 1.19 bits per heavy atom. The lowest BCUT2D eigenvalue weighted by Crippen LogP contribution is -2.36. The molecule has 2 aromatic carbocycles. The number of ether oxygens (including phenoxy) is 1. The molecule has 0 aliphatic carbocycles. The van der Waals surface area contributed by atoms with Gasteiger partial charge in [0.25, 0.3) is 5.91 Å². The molecule has 1 aromatic heterocycles. The minimum absolute atomic E-state index is 0.153. The van der Waals surface area contributed by atoms with E-state index >= 15 is 0 Å². The van der Waals surface area contributed by atoms with Gasteiger partial charge in [0.1, 0.15) is 28.8 Å². The minimum atomic E-state index is -4.62. The van der Waals surface area contributed by atoms with Gasteiger partial charge in [-0.2, -0.15) is 18.3 Å². The van der Waals surface area contributed by atoms with Crippen molar-refractivity contribution in [3.8, 4) is 5.75 Å². The first-order valence-corrected chi connectivity index (χ1v) is 9.48. The molecule has 1 aliphatic heterocycles. The molecule has 2 heterocycles. The number of alkyl halides is 3. The molecule has 6 nitrogen and oxygen atoms in total. The number of hydrogen-bond acceptors (Lipinski definition) is 4. The molecule has 0 saturated heterocycles. The van der Waals surface area contributed by atoms with Crippen LogP contribution < -0.4 is 15.4 Å². The highest BCUT2D eigenvalue weighted by Crippen LogP contribution is 2.44. The highest BCUT2D eigenvalue weighted by molar-refractivity contribution is 6.07. The Morgan fingerprint density at radius 2 is 1.91 bits per heavy atom. The van der Waals surface area contributed by atoms with Crippen molar-refractivity contribution in [3.63, 3.8) is 0 Å². The number of methoxy groups -OCH3 is 1. The fourth-order valence-electron chi connectivity index (χ4n) is 3.56. The van der Waals surface area contributed by atoms with Gasteiger partial charge in [-0.05, 0) is 29.8 Å². The number of nitrogens with one attached hydrogen (secondary N) is 2.